The molecular formula is C12H14N6O4. The highest BCUT2D eigenvalue weighted by atomic mass is 16.6. The van der Waals surface area contributed by atoms with E-state index in [0.29, 0.717) is 0 Å². The van der Waals surface area contributed by atoms with Gasteiger partial charge in [-0.2, -0.15) is 4.68 Å². The second-order valence-corrected chi connectivity index (χ2v) is 4.76. The first kappa shape index (κ1) is 14.6. The fraction of sp³-hybridized carbons (Fsp3) is 0.500. The minimum Gasteiger partial charge on any atom is -0.394 e. The van der Waals surface area contributed by atoms with Crippen LogP contribution in [-0.2, 0) is 9.47 Å². The molecule has 0 amide bonds. The molecule has 10 nitrogen and oxygen atoms in total. The van der Waals surface area contributed by atoms with E-state index in [1.54, 1.807) is 0 Å². The number of fused-ring (bicyclic) bond motifs is 1. The third kappa shape index (κ3) is 1.77. The molecule has 116 valence electrons. The van der Waals surface area contributed by atoms with Gasteiger partial charge in [0.1, 0.15) is 18.5 Å². The van der Waals surface area contributed by atoms with Crippen molar-refractivity contribution in [2.24, 2.45) is 0 Å². The summed E-state index contributed by atoms with van der Waals surface area (Å²) in [5.41, 5.74) is 4.72. The van der Waals surface area contributed by atoms with Crippen LogP contribution in [0.2, 0.25) is 0 Å². The summed E-state index contributed by atoms with van der Waals surface area (Å²) in [6, 6.07) is 0. The molecule has 3 heterocycles. The monoisotopic (exact) mass is 306 g/mol. The van der Waals surface area contributed by atoms with Crippen LogP contribution in [0, 0.1) is 12.3 Å². The van der Waals surface area contributed by atoms with Crippen LogP contribution >= 0.6 is 0 Å². The number of hydrogen-bond donors (Lipinski definition) is 3. The quantitative estimate of drug-likeness (QED) is 0.553. The Bertz CT molecular complexity index is 743. The molecule has 1 aliphatic heterocycles. The lowest BCUT2D eigenvalue weighted by atomic mass is 9.95. The zero-order chi connectivity index (χ0) is 15.9. The van der Waals surface area contributed by atoms with Crippen LogP contribution in [0.3, 0.4) is 0 Å². The van der Waals surface area contributed by atoms with Gasteiger partial charge in [-0.25, -0.2) is 9.97 Å². The number of aliphatic hydroxyl groups is 2. The van der Waals surface area contributed by atoms with Gasteiger partial charge in [-0.3, -0.25) is 0 Å². The van der Waals surface area contributed by atoms with Crippen molar-refractivity contribution >= 4 is 17.0 Å². The molecule has 10 heteroatoms. The first-order chi connectivity index (χ1) is 10.6. The zero-order valence-corrected chi connectivity index (χ0v) is 11.6. The number of anilines is 1. The average molecular weight is 306 g/mol. The smallest absolute Gasteiger partial charge is 0.203 e. The molecule has 0 bridgehead atoms. The van der Waals surface area contributed by atoms with Crippen molar-refractivity contribution in [3.8, 4) is 12.3 Å². The minimum absolute atomic E-state index is 0.150. The topological polar surface area (TPSA) is 141 Å². The molecule has 0 spiro atoms. The van der Waals surface area contributed by atoms with E-state index in [1.165, 1.54) is 18.1 Å². The molecule has 1 aliphatic rings. The molecule has 1 fully saturated rings. The Kier molecular flexibility index (Phi) is 3.42. The lowest BCUT2D eigenvalue weighted by molar-refractivity contribution is -0.0986. The van der Waals surface area contributed by atoms with E-state index in [4.69, 9.17) is 21.6 Å². The maximum atomic E-state index is 10.3. The van der Waals surface area contributed by atoms with Crippen LogP contribution in [0.1, 0.15) is 6.23 Å². The molecule has 0 aliphatic carbocycles. The van der Waals surface area contributed by atoms with E-state index < -0.39 is 30.6 Å². The summed E-state index contributed by atoms with van der Waals surface area (Å²) in [6.07, 6.45) is 3.57. The Morgan fingerprint density at radius 1 is 1.59 bits per heavy atom. The molecule has 4 atom stereocenters. The van der Waals surface area contributed by atoms with Crippen molar-refractivity contribution in [1.82, 2.24) is 25.0 Å². The zero-order valence-electron chi connectivity index (χ0n) is 11.6. The number of aromatic nitrogens is 5. The Morgan fingerprint density at radius 3 is 3.00 bits per heavy atom. The van der Waals surface area contributed by atoms with Gasteiger partial charge in [-0.15, -0.1) is 11.5 Å². The summed E-state index contributed by atoms with van der Waals surface area (Å²) >= 11 is 0. The van der Waals surface area contributed by atoms with E-state index in [-0.39, 0.29) is 17.0 Å². The van der Waals surface area contributed by atoms with E-state index in [9.17, 15) is 10.2 Å². The summed E-state index contributed by atoms with van der Waals surface area (Å²) in [5, 5.41) is 27.5. The van der Waals surface area contributed by atoms with Gasteiger partial charge in [-0.05, 0) is 0 Å². The number of rotatable bonds is 3. The number of hydrogen-bond acceptors (Lipinski definition) is 9. The van der Waals surface area contributed by atoms with Crippen molar-refractivity contribution in [1.29, 1.82) is 0 Å². The third-order valence-electron chi connectivity index (χ3n) is 3.72. The maximum absolute atomic E-state index is 10.3. The van der Waals surface area contributed by atoms with Crippen LogP contribution in [0.15, 0.2) is 6.33 Å². The molecule has 0 saturated carbocycles. The van der Waals surface area contributed by atoms with Gasteiger partial charge >= 0.3 is 0 Å². The van der Waals surface area contributed by atoms with Crippen LogP contribution in [0.25, 0.3) is 11.2 Å². The number of terminal acetylenes is 1. The fourth-order valence-electron chi connectivity index (χ4n) is 2.52. The minimum atomic E-state index is -1.55. The Hall–Kier alpha value is -2.32. The standard InChI is InChI=1S/C12H14N6O4/c1-3-12(21-2)8(20)6(4-19)22-11(12)18-10-7(16-17-18)9(13)14-5-15-10/h1,5-6,8,11,19-20H,4H2,2H3,(H2,13,14,15)/t6-,8-,11?,12-/m1/s1. The first-order valence-electron chi connectivity index (χ1n) is 6.37. The predicted molar refractivity (Wildman–Crippen MR) is 73.1 cm³/mol. The second-order valence-electron chi connectivity index (χ2n) is 4.76. The SMILES string of the molecule is C#C[C@]1(OC)C(n2nnc3c(N)ncnc32)O[C@H](CO)[C@H]1O. The summed E-state index contributed by atoms with van der Waals surface area (Å²) in [5.74, 6) is 2.54. The van der Waals surface area contributed by atoms with Crippen LogP contribution in [0.4, 0.5) is 5.82 Å². The molecule has 1 saturated heterocycles. The molecule has 2 aromatic heterocycles. The lowest BCUT2D eigenvalue weighted by Gasteiger charge is -2.29. The molecule has 3 rings (SSSR count). The Labute approximate surface area is 124 Å². The summed E-state index contributed by atoms with van der Waals surface area (Å²) < 4.78 is 12.2. The van der Waals surface area contributed by atoms with Gasteiger partial charge in [0.05, 0.1) is 6.61 Å². The summed E-state index contributed by atoms with van der Waals surface area (Å²) in [7, 11) is 1.33. The number of aliphatic hydroxyl groups excluding tert-OH is 2. The number of ether oxygens (including phenoxy) is 2. The van der Waals surface area contributed by atoms with Crippen LogP contribution in [-0.4, -0.2) is 66.7 Å². The van der Waals surface area contributed by atoms with Crippen molar-refractivity contribution in [3.05, 3.63) is 6.33 Å². The molecule has 4 N–H and O–H groups in total. The summed E-state index contributed by atoms with van der Waals surface area (Å²) in [4.78, 5) is 7.87. The van der Waals surface area contributed by atoms with E-state index in [2.05, 4.69) is 26.2 Å². The number of nitrogen functional groups attached to an aromatic ring is 1. The molecular weight excluding hydrogens is 292 g/mol. The highest BCUT2D eigenvalue weighted by Gasteiger charge is 2.58. The molecule has 2 aromatic rings. The van der Waals surface area contributed by atoms with E-state index >= 15 is 0 Å². The van der Waals surface area contributed by atoms with Crippen LogP contribution in [0.5, 0.6) is 0 Å². The summed E-state index contributed by atoms with van der Waals surface area (Å²) in [6.45, 7) is -0.436. The number of nitrogens with zero attached hydrogens (tertiary/aromatic N) is 5. The molecule has 1 unspecified atom stereocenters. The van der Waals surface area contributed by atoms with Crippen molar-refractivity contribution in [2.45, 2.75) is 24.0 Å². The maximum Gasteiger partial charge on any atom is 0.203 e. The van der Waals surface area contributed by atoms with Gasteiger partial charge in [-0.1, -0.05) is 11.1 Å². The van der Waals surface area contributed by atoms with Gasteiger partial charge in [0, 0.05) is 7.11 Å². The lowest BCUT2D eigenvalue weighted by Crippen LogP contribution is -2.47. The fourth-order valence-corrected chi connectivity index (χ4v) is 2.52. The second kappa shape index (κ2) is 5.15. The first-order valence-corrected chi connectivity index (χ1v) is 6.37. The Balaban J connectivity index is 2.16. The molecule has 0 radical (unpaired) electrons. The Morgan fingerprint density at radius 2 is 2.36 bits per heavy atom. The average Bonchev–Trinajstić information content (AvgIpc) is 3.07. The number of nitrogens with two attached hydrogens (primary N) is 1. The normalized spacial score (nSPS) is 31.5. The highest BCUT2D eigenvalue weighted by Crippen LogP contribution is 2.41. The third-order valence-corrected chi connectivity index (χ3v) is 3.72. The largest absolute Gasteiger partial charge is 0.394 e. The van der Waals surface area contributed by atoms with Gasteiger partial charge in [0.15, 0.2) is 23.2 Å². The van der Waals surface area contributed by atoms with Gasteiger partial charge in [0.25, 0.3) is 0 Å². The van der Waals surface area contributed by atoms with Gasteiger partial charge < -0.3 is 25.4 Å². The molecule has 22 heavy (non-hydrogen) atoms. The van der Waals surface area contributed by atoms with E-state index in [1.807, 2.05) is 0 Å². The molecule has 0 aromatic carbocycles. The van der Waals surface area contributed by atoms with E-state index in [0.717, 1.165) is 0 Å². The van der Waals surface area contributed by atoms with Crippen molar-refractivity contribution in [3.63, 3.8) is 0 Å². The van der Waals surface area contributed by atoms with Crippen LogP contribution < -0.4 is 5.73 Å². The van der Waals surface area contributed by atoms with Crippen molar-refractivity contribution < 1.29 is 19.7 Å². The van der Waals surface area contributed by atoms with Crippen molar-refractivity contribution in [2.75, 3.05) is 19.5 Å². The predicted octanol–water partition coefficient (Wildman–Crippen LogP) is -1.93. The number of methoxy groups -OCH3 is 1. The van der Waals surface area contributed by atoms with Gasteiger partial charge in [0.2, 0.25) is 5.60 Å². The highest BCUT2D eigenvalue weighted by molar-refractivity contribution is 5.80.